The van der Waals surface area contributed by atoms with E-state index in [1.165, 1.54) is 16.8 Å². The molecule has 3 rings (SSSR count). The monoisotopic (exact) mass is 355 g/mol. The average Bonchev–Trinajstić information content (AvgIpc) is 2.77. The lowest BCUT2D eigenvalue weighted by molar-refractivity contribution is -0.257. The van der Waals surface area contributed by atoms with Crippen molar-refractivity contribution in [3.63, 3.8) is 0 Å². The van der Waals surface area contributed by atoms with Crippen LogP contribution >= 0.6 is 0 Å². The summed E-state index contributed by atoms with van der Waals surface area (Å²) in [7, 11) is -3.35. The van der Waals surface area contributed by atoms with Crippen molar-refractivity contribution in [3.8, 4) is 0 Å². The lowest BCUT2D eigenvalue weighted by Crippen LogP contribution is -2.59. The first-order chi connectivity index (χ1) is 11.4. The maximum atomic E-state index is 12.6. The summed E-state index contributed by atoms with van der Waals surface area (Å²) in [4.78, 5) is 18.2. The first-order valence-corrected chi connectivity index (χ1v) is 9.67. The normalized spacial score (nSPS) is 26.3. The molecule has 1 unspecified atom stereocenters. The summed E-state index contributed by atoms with van der Waals surface area (Å²) in [6.07, 6.45) is 4.89. The Bertz CT molecular complexity index is 696. The van der Waals surface area contributed by atoms with Crippen LogP contribution in [-0.2, 0) is 19.5 Å². The second-order valence-electron chi connectivity index (χ2n) is 6.03. The smallest absolute Gasteiger partial charge is 0.255 e. The Balaban J connectivity index is 1.79. The Morgan fingerprint density at radius 1 is 1.25 bits per heavy atom. The third-order valence-electron chi connectivity index (χ3n) is 4.16. The van der Waals surface area contributed by atoms with Crippen LogP contribution in [0, 0.1) is 0 Å². The molecule has 132 valence electrons. The summed E-state index contributed by atoms with van der Waals surface area (Å²) in [5.41, 5.74) is 0.489. The number of hydrogen-bond donors (Lipinski definition) is 0. The van der Waals surface area contributed by atoms with Gasteiger partial charge in [-0.15, -0.1) is 0 Å². The molecule has 0 aliphatic carbocycles. The number of morpholine rings is 1. The number of aromatic nitrogens is 1. The summed E-state index contributed by atoms with van der Waals surface area (Å²) in [6, 6.07) is 3.41. The Morgan fingerprint density at radius 3 is 2.75 bits per heavy atom. The summed E-state index contributed by atoms with van der Waals surface area (Å²) in [5.74, 6) is -1.28. The van der Waals surface area contributed by atoms with Gasteiger partial charge in [-0.2, -0.15) is 4.31 Å². The zero-order valence-electron chi connectivity index (χ0n) is 13.6. The van der Waals surface area contributed by atoms with Crippen molar-refractivity contribution in [2.24, 2.45) is 0 Å². The molecule has 0 aromatic carbocycles. The molecule has 1 spiro atoms. The Labute approximate surface area is 141 Å². The highest BCUT2D eigenvalue weighted by Crippen LogP contribution is 2.26. The van der Waals surface area contributed by atoms with Gasteiger partial charge in [-0.1, -0.05) is 0 Å². The number of amides is 1. The van der Waals surface area contributed by atoms with Crippen LogP contribution in [0.3, 0.4) is 0 Å². The lowest BCUT2D eigenvalue weighted by atomic mass is 10.1. The van der Waals surface area contributed by atoms with Gasteiger partial charge in [-0.3, -0.25) is 9.78 Å². The van der Waals surface area contributed by atoms with E-state index >= 15 is 0 Å². The van der Waals surface area contributed by atoms with Gasteiger partial charge in [-0.25, -0.2) is 8.42 Å². The van der Waals surface area contributed by atoms with E-state index in [-0.39, 0.29) is 19.0 Å². The topological polar surface area (TPSA) is 89.0 Å². The highest BCUT2D eigenvalue weighted by atomic mass is 32.2. The van der Waals surface area contributed by atoms with Gasteiger partial charge in [0.2, 0.25) is 10.0 Å². The molecule has 1 aromatic heterocycles. The maximum Gasteiger partial charge on any atom is 0.255 e. The van der Waals surface area contributed by atoms with Gasteiger partial charge in [0.1, 0.15) is 0 Å². The standard InChI is InChI=1S/C15H21N3O5S/c1-24(20,21)18-6-3-8-22-15(12-18)11-17(7-9-23-15)14(19)13-4-2-5-16-10-13/h2,4-5,10H,3,6-9,11-12H2,1H3. The molecule has 1 atom stereocenters. The molecule has 0 saturated carbocycles. The predicted octanol–water partition coefficient (Wildman–Crippen LogP) is -0.0678. The summed E-state index contributed by atoms with van der Waals surface area (Å²) in [5, 5.41) is 0. The van der Waals surface area contributed by atoms with Crippen LogP contribution < -0.4 is 0 Å². The number of rotatable bonds is 2. The van der Waals surface area contributed by atoms with E-state index in [1.54, 1.807) is 23.2 Å². The minimum atomic E-state index is -3.35. The lowest BCUT2D eigenvalue weighted by Gasteiger charge is -2.42. The van der Waals surface area contributed by atoms with E-state index < -0.39 is 15.8 Å². The molecule has 2 aliphatic heterocycles. The second-order valence-corrected chi connectivity index (χ2v) is 8.01. The number of nitrogens with zero attached hydrogens (tertiary/aromatic N) is 3. The van der Waals surface area contributed by atoms with E-state index in [4.69, 9.17) is 9.47 Å². The third kappa shape index (κ3) is 3.75. The number of ether oxygens (including phenoxy) is 2. The zero-order chi connectivity index (χ0) is 17.2. The molecular formula is C15H21N3O5S. The second kappa shape index (κ2) is 6.75. The van der Waals surface area contributed by atoms with Gasteiger partial charge in [-0.05, 0) is 18.6 Å². The molecule has 8 nitrogen and oxygen atoms in total. The zero-order valence-corrected chi connectivity index (χ0v) is 14.4. The van der Waals surface area contributed by atoms with Crippen LogP contribution in [0.2, 0.25) is 0 Å². The molecule has 9 heteroatoms. The van der Waals surface area contributed by atoms with Crippen molar-refractivity contribution in [1.82, 2.24) is 14.2 Å². The Hall–Kier alpha value is -1.55. The molecule has 1 aromatic rings. The van der Waals surface area contributed by atoms with Crippen molar-refractivity contribution < 1.29 is 22.7 Å². The first kappa shape index (κ1) is 17.3. The molecule has 24 heavy (non-hydrogen) atoms. The van der Waals surface area contributed by atoms with E-state index in [9.17, 15) is 13.2 Å². The average molecular weight is 355 g/mol. The molecular weight excluding hydrogens is 334 g/mol. The Morgan fingerprint density at radius 2 is 2.04 bits per heavy atom. The fourth-order valence-electron chi connectivity index (χ4n) is 2.96. The number of carbonyl (C=O) groups excluding carboxylic acids is 1. The number of hydrogen-bond acceptors (Lipinski definition) is 6. The molecule has 2 saturated heterocycles. The van der Waals surface area contributed by atoms with Gasteiger partial charge >= 0.3 is 0 Å². The van der Waals surface area contributed by atoms with Crippen LogP contribution in [0.25, 0.3) is 0 Å². The van der Waals surface area contributed by atoms with E-state index in [2.05, 4.69) is 4.98 Å². The largest absolute Gasteiger partial charge is 0.347 e. The fourth-order valence-corrected chi connectivity index (χ4v) is 3.85. The van der Waals surface area contributed by atoms with Gasteiger partial charge in [0, 0.05) is 25.5 Å². The first-order valence-electron chi connectivity index (χ1n) is 7.82. The van der Waals surface area contributed by atoms with Gasteiger partial charge < -0.3 is 14.4 Å². The summed E-state index contributed by atoms with van der Waals surface area (Å²) < 4.78 is 36.8. The SMILES string of the molecule is CS(=O)(=O)N1CCCOC2(CN(C(=O)c3cccnc3)CCO2)C1. The highest BCUT2D eigenvalue weighted by Gasteiger charge is 2.44. The maximum absolute atomic E-state index is 12.6. The number of carbonyl (C=O) groups is 1. The highest BCUT2D eigenvalue weighted by molar-refractivity contribution is 7.88. The molecule has 0 bridgehead atoms. The molecule has 0 radical (unpaired) electrons. The van der Waals surface area contributed by atoms with Crippen molar-refractivity contribution >= 4 is 15.9 Å². The molecule has 0 N–H and O–H groups in total. The van der Waals surface area contributed by atoms with Crippen LogP contribution in [0.4, 0.5) is 0 Å². The van der Waals surface area contributed by atoms with E-state index in [0.29, 0.717) is 38.3 Å². The van der Waals surface area contributed by atoms with Crippen LogP contribution in [-0.4, -0.2) is 79.9 Å². The molecule has 1 amide bonds. The minimum Gasteiger partial charge on any atom is -0.347 e. The van der Waals surface area contributed by atoms with Crippen molar-refractivity contribution in [1.29, 1.82) is 0 Å². The Kier molecular flexibility index (Phi) is 4.86. The molecule has 3 heterocycles. The summed E-state index contributed by atoms with van der Waals surface area (Å²) in [6.45, 7) is 1.78. The number of pyridine rings is 1. The van der Waals surface area contributed by atoms with Crippen molar-refractivity contribution in [2.75, 3.05) is 45.6 Å². The van der Waals surface area contributed by atoms with Crippen LogP contribution in [0.5, 0.6) is 0 Å². The van der Waals surface area contributed by atoms with Crippen LogP contribution in [0.15, 0.2) is 24.5 Å². The quantitative estimate of drug-likeness (QED) is 0.738. The van der Waals surface area contributed by atoms with E-state index in [0.717, 1.165) is 0 Å². The number of sulfonamides is 1. The van der Waals surface area contributed by atoms with Gasteiger partial charge in [0.25, 0.3) is 5.91 Å². The van der Waals surface area contributed by atoms with E-state index in [1.807, 2.05) is 0 Å². The van der Waals surface area contributed by atoms with Gasteiger partial charge in [0.15, 0.2) is 5.79 Å². The molecule has 2 aliphatic rings. The minimum absolute atomic E-state index is 0.0860. The van der Waals surface area contributed by atoms with Crippen molar-refractivity contribution in [2.45, 2.75) is 12.2 Å². The predicted molar refractivity (Wildman–Crippen MR) is 85.8 cm³/mol. The fraction of sp³-hybridized carbons (Fsp3) is 0.600. The molecule has 2 fully saturated rings. The third-order valence-corrected chi connectivity index (χ3v) is 5.41. The summed E-state index contributed by atoms with van der Waals surface area (Å²) >= 11 is 0. The van der Waals surface area contributed by atoms with Crippen molar-refractivity contribution in [3.05, 3.63) is 30.1 Å². The van der Waals surface area contributed by atoms with Crippen LogP contribution in [0.1, 0.15) is 16.8 Å². The van der Waals surface area contributed by atoms with Gasteiger partial charge in [0.05, 0.1) is 38.1 Å².